The minimum atomic E-state index is -1.84. The third-order valence-corrected chi connectivity index (χ3v) is 14.1. The molecular weight excluding hydrogens is 893 g/mol. The predicted molar refractivity (Wildman–Crippen MR) is 260 cm³/mol. The van der Waals surface area contributed by atoms with E-state index in [0.717, 1.165) is 61.8 Å². The Bertz CT molecular complexity index is 1770. The summed E-state index contributed by atoms with van der Waals surface area (Å²) in [5.74, 6) is -1.78. The minimum absolute atomic E-state index is 0.114. The van der Waals surface area contributed by atoms with E-state index in [4.69, 9.17) is 24.7 Å². The number of H-pyrrole nitrogens is 1. The molecule has 3 aliphatic rings. The summed E-state index contributed by atoms with van der Waals surface area (Å²) in [7, 11) is 2.94. The molecule has 19 heteroatoms. The summed E-state index contributed by atoms with van der Waals surface area (Å²) in [6.45, 7) is 4.38. The van der Waals surface area contributed by atoms with E-state index in [1.54, 1.807) is 0 Å². The van der Waals surface area contributed by atoms with Gasteiger partial charge < -0.3 is 55.3 Å². The number of hydrogen-bond acceptors (Lipinski definition) is 15. The molecule has 3 saturated heterocycles. The van der Waals surface area contributed by atoms with Gasteiger partial charge in [-0.2, -0.15) is 0 Å². The van der Waals surface area contributed by atoms with Gasteiger partial charge in [-0.1, -0.05) is 149 Å². The highest BCUT2D eigenvalue weighted by Gasteiger charge is 2.57. The Morgan fingerprint density at radius 2 is 1.29 bits per heavy atom. The van der Waals surface area contributed by atoms with Gasteiger partial charge in [0.15, 0.2) is 12.5 Å². The van der Waals surface area contributed by atoms with Crippen molar-refractivity contribution >= 4 is 17.8 Å². The molecule has 19 nitrogen and oxygen atoms in total. The lowest BCUT2D eigenvalue weighted by Crippen LogP contribution is -2.60. The zero-order chi connectivity index (χ0) is 50.3. The van der Waals surface area contributed by atoms with Gasteiger partial charge in [0.25, 0.3) is 5.56 Å². The minimum Gasteiger partial charge on any atom is -0.458 e. The summed E-state index contributed by atoms with van der Waals surface area (Å²) in [5, 5.41) is 47.6. The number of carbonyl (C=O) groups excluding carboxylic acids is 3. The van der Waals surface area contributed by atoms with Gasteiger partial charge in [0.1, 0.15) is 60.9 Å². The number of unbranched alkanes of at least 4 members (excludes halogenated alkanes) is 21. The first kappa shape index (κ1) is 58.3. The molecule has 4 heterocycles. The van der Waals surface area contributed by atoms with Crippen LogP contribution in [-0.2, 0) is 33.3 Å². The number of nitrogens with zero attached hydrogens (tertiary/aromatic N) is 3. The molecule has 5 unspecified atom stereocenters. The number of amides is 2. The number of aliphatic hydroxyl groups is 4. The molecule has 0 spiro atoms. The maximum Gasteiger partial charge on any atom is 0.330 e. The molecule has 0 aromatic carbocycles. The lowest BCUT2D eigenvalue weighted by atomic mass is 9.97. The fraction of sp³-hybridized carbons (Fsp3) is 0.860. The van der Waals surface area contributed by atoms with Crippen LogP contribution >= 0.6 is 0 Å². The zero-order valence-corrected chi connectivity index (χ0v) is 42.1. The number of carbonyl (C=O) groups is 3. The summed E-state index contributed by atoms with van der Waals surface area (Å²) in [4.78, 5) is 72.3. The van der Waals surface area contributed by atoms with Crippen molar-refractivity contribution < 1.29 is 53.8 Å². The summed E-state index contributed by atoms with van der Waals surface area (Å²) < 4.78 is 25.2. The Morgan fingerprint density at radius 1 is 0.754 bits per heavy atom. The van der Waals surface area contributed by atoms with Gasteiger partial charge in [0, 0.05) is 45.4 Å². The van der Waals surface area contributed by atoms with E-state index >= 15 is 0 Å². The molecule has 0 bridgehead atoms. The zero-order valence-electron chi connectivity index (χ0n) is 42.1. The number of likely N-dealkylation sites (N-methyl/N-ethyl adjacent to an activating group) is 2. The van der Waals surface area contributed by atoms with Gasteiger partial charge in [-0.05, 0) is 19.9 Å². The highest BCUT2D eigenvalue weighted by atomic mass is 16.7. The standard InChI is InChI=1S/C50H88N6O13/c1-5-7-9-11-13-15-16-17-18-19-21-23-25-27-30-52-46(63)38-35(66-37(58)28-26-24-22-20-14-12-10-8-6-2)33-54(3)39(47(64)55(38)4)44(69-49-43(62)40(59)34(32-51)67-49)45-41(60)42(61)48(68-45)56-31-29-36(57)53-50(56)65/h29,31,34-35,38-45,48-49,59-62H,5-28,30,32-33,51H2,1-4H3,(H,52,63)(H,53,57,65)/t34-,35+,38?,39?,40-,41+,42-,43-,44+,45?,48?,49?/m1/s1. The number of esters is 1. The number of aromatic amines is 1. The molecule has 69 heavy (non-hydrogen) atoms. The van der Waals surface area contributed by atoms with E-state index in [-0.39, 0.29) is 19.5 Å². The van der Waals surface area contributed by atoms with E-state index in [1.807, 2.05) is 0 Å². The number of rotatable bonds is 33. The molecule has 0 saturated carbocycles. The Kier molecular flexibility index (Phi) is 26.4. The monoisotopic (exact) mass is 981 g/mol. The van der Waals surface area contributed by atoms with Crippen molar-refractivity contribution in [2.75, 3.05) is 33.7 Å². The van der Waals surface area contributed by atoms with Crippen LogP contribution in [-0.4, -0.2) is 158 Å². The summed E-state index contributed by atoms with van der Waals surface area (Å²) >= 11 is 0. The molecule has 3 fully saturated rings. The average molecular weight is 981 g/mol. The van der Waals surface area contributed by atoms with Crippen LogP contribution in [0.15, 0.2) is 21.9 Å². The molecule has 1 aromatic rings. The second-order valence-corrected chi connectivity index (χ2v) is 19.6. The van der Waals surface area contributed by atoms with Crippen LogP contribution in [0.2, 0.25) is 0 Å². The predicted octanol–water partition coefficient (Wildman–Crippen LogP) is 3.52. The highest BCUT2D eigenvalue weighted by Crippen LogP contribution is 2.36. The normalized spacial score (nSPS) is 28.0. The molecule has 0 aliphatic carbocycles. The van der Waals surface area contributed by atoms with Gasteiger partial charge in [0.2, 0.25) is 11.8 Å². The van der Waals surface area contributed by atoms with Crippen LogP contribution in [0.3, 0.4) is 0 Å². The lowest BCUT2D eigenvalue weighted by Gasteiger charge is -2.38. The van der Waals surface area contributed by atoms with Crippen molar-refractivity contribution in [2.45, 2.75) is 241 Å². The summed E-state index contributed by atoms with van der Waals surface area (Å²) in [6, 6.07) is -1.74. The molecule has 0 radical (unpaired) electrons. The molecule has 3 aliphatic heterocycles. The van der Waals surface area contributed by atoms with Crippen LogP contribution < -0.4 is 22.3 Å². The summed E-state index contributed by atoms with van der Waals surface area (Å²) in [6.07, 6.45) is 11.8. The maximum atomic E-state index is 15.0. The molecule has 1 aromatic heterocycles. The Morgan fingerprint density at radius 3 is 1.81 bits per heavy atom. The SMILES string of the molecule is CCCCCCCCCCCCCCCCNC(=O)C1[C@@H](OC(=O)CCCCCCCCCCC)CN(C)C([C@H](OC2O[C@H](CN)[C@@H](O)[C@H]2O)C2OC(n3ccc(=O)[nH]c3=O)[C@H](O)[C@@H]2O)C(=O)N1C. The van der Waals surface area contributed by atoms with Crippen LogP contribution in [0.1, 0.15) is 174 Å². The van der Waals surface area contributed by atoms with E-state index in [1.165, 1.54) is 114 Å². The number of hydrogen-bond donors (Lipinski definition) is 7. The number of ether oxygens (including phenoxy) is 4. The van der Waals surface area contributed by atoms with Crippen LogP contribution in [0.4, 0.5) is 0 Å². The van der Waals surface area contributed by atoms with Crippen molar-refractivity contribution in [3.63, 3.8) is 0 Å². The van der Waals surface area contributed by atoms with Crippen molar-refractivity contribution in [2.24, 2.45) is 5.73 Å². The first-order valence-electron chi connectivity index (χ1n) is 26.4. The molecule has 396 valence electrons. The van der Waals surface area contributed by atoms with Crippen molar-refractivity contribution in [1.29, 1.82) is 0 Å². The van der Waals surface area contributed by atoms with Crippen LogP contribution in [0.25, 0.3) is 0 Å². The van der Waals surface area contributed by atoms with Gasteiger partial charge in [-0.25, -0.2) is 4.79 Å². The molecule has 4 rings (SSSR count). The van der Waals surface area contributed by atoms with E-state index < -0.39 is 102 Å². The Balaban J connectivity index is 1.50. The number of nitrogens with one attached hydrogen (secondary N) is 2. The van der Waals surface area contributed by atoms with E-state index in [9.17, 15) is 44.4 Å². The van der Waals surface area contributed by atoms with Crippen LogP contribution in [0.5, 0.6) is 0 Å². The fourth-order valence-corrected chi connectivity index (χ4v) is 9.88. The van der Waals surface area contributed by atoms with Gasteiger partial charge in [-0.15, -0.1) is 0 Å². The maximum absolute atomic E-state index is 15.0. The third-order valence-electron chi connectivity index (χ3n) is 14.1. The number of aromatic nitrogens is 2. The molecule has 8 N–H and O–H groups in total. The van der Waals surface area contributed by atoms with Gasteiger partial charge in [-0.3, -0.25) is 33.6 Å². The quantitative estimate of drug-likeness (QED) is 0.0393. The summed E-state index contributed by atoms with van der Waals surface area (Å²) in [5.41, 5.74) is 4.14. The third kappa shape index (κ3) is 17.8. The largest absolute Gasteiger partial charge is 0.458 e. The number of aliphatic hydroxyl groups excluding tert-OH is 4. The molecular formula is C50H88N6O13. The second kappa shape index (κ2) is 31.2. The van der Waals surface area contributed by atoms with Crippen molar-refractivity contribution in [3.8, 4) is 0 Å². The molecule has 12 atom stereocenters. The van der Waals surface area contributed by atoms with E-state index in [2.05, 4.69) is 24.1 Å². The number of nitrogens with two attached hydrogens (primary N) is 1. The topological polar surface area (TPSA) is 268 Å². The highest BCUT2D eigenvalue weighted by molar-refractivity contribution is 5.91. The Labute approximate surface area is 409 Å². The molecule has 2 amide bonds. The first-order chi connectivity index (χ1) is 33.2. The lowest BCUT2D eigenvalue weighted by molar-refractivity contribution is -0.233. The van der Waals surface area contributed by atoms with Crippen LogP contribution in [0, 0.1) is 0 Å². The fourth-order valence-electron chi connectivity index (χ4n) is 9.88. The van der Waals surface area contributed by atoms with Gasteiger partial charge >= 0.3 is 11.7 Å². The second-order valence-electron chi connectivity index (χ2n) is 19.6. The first-order valence-corrected chi connectivity index (χ1v) is 26.4. The van der Waals surface area contributed by atoms with E-state index in [0.29, 0.717) is 19.4 Å². The van der Waals surface area contributed by atoms with Crippen molar-refractivity contribution in [1.82, 2.24) is 24.7 Å². The van der Waals surface area contributed by atoms with Gasteiger partial charge in [0.05, 0.1) is 0 Å². The average Bonchev–Trinajstić information content (AvgIpc) is 3.73. The smallest absolute Gasteiger partial charge is 0.330 e. The Hall–Kier alpha value is -3.27. The van der Waals surface area contributed by atoms with Crippen molar-refractivity contribution in [3.05, 3.63) is 33.1 Å².